The summed E-state index contributed by atoms with van der Waals surface area (Å²) in [5.74, 6) is -1.09. The maximum Gasteiger partial charge on any atom is 0.339 e. The molecule has 0 aromatic carbocycles. The van der Waals surface area contributed by atoms with Crippen LogP contribution in [0.1, 0.15) is 31.4 Å². The van der Waals surface area contributed by atoms with Crippen molar-refractivity contribution in [2.75, 3.05) is 6.61 Å². The molecule has 6 nitrogen and oxygen atoms in total. The van der Waals surface area contributed by atoms with Crippen LogP contribution in [0.25, 0.3) is 0 Å². The number of ether oxygens (including phenoxy) is 2. The van der Waals surface area contributed by atoms with E-state index in [4.69, 9.17) is 13.9 Å². The zero-order valence-corrected chi connectivity index (χ0v) is 14.2. The van der Waals surface area contributed by atoms with E-state index >= 15 is 0 Å². The van der Waals surface area contributed by atoms with Crippen LogP contribution < -0.4 is 0 Å². The molecule has 0 bridgehead atoms. The van der Waals surface area contributed by atoms with Crippen LogP contribution >= 0.6 is 0 Å². The molecule has 3 heterocycles. The summed E-state index contributed by atoms with van der Waals surface area (Å²) in [5, 5.41) is 10.4. The van der Waals surface area contributed by atoms with Gasteiger partial charge in [-0.3, -0.25) is 4.79 Å². The zero-order chi connectivity index (χ0) is 18.1. The van der Waals surface area contributed by atoms with E-state index in [-0.39, 0.29) is 18.5 Å². The molecule has 2 fully saturated rings. The lowest BCUT2D eigenvalue weighted by molar-refractivity contribution is -0.142. The van der Waals surface area contributed by atoms with E-state index in [2.05, 4.69) is 0 Å². The van der Waals surface area contributed by atoms with Gasteiger partial charge in [0, 0.05) is 11.1 Å². The summed E-state index contributed by atoms with van der Waals surface area (Å²) in [6, 6.07) is 1.77. The molecule has 1 aromatic heterocycles. The topological polar surface area (TPSA) is 86.0 Å². The predicted molar refractivity (Wildman–Crippen MR) is 88.5 cm³/mol. The van der Waals surface area contributed by atoms with E-state index in [0.717, 1.165) is 22.3 Å². The van der Waals surface area contributed by atoms with E-state index < -0.39 is 23.5 Å². The number of carbonyl (C=O) groups excluding carboxylic acids is 2. The standard InChI is InChI=1S/C20H18O6/c1-10-14-6-12(21)7-15-19(23)25-9-20(14,15)4-2-13-16(10)17(26-18(13)22)11-3-5-24-8-11/h2-5,8,12,15,17,21H,6-7,9H2,1H3/t12-,15+,17+,20+/m1/s1. The van der Waals surface area contributed by atoms with Gasteiger partial charge in [-0.1, -0.05) is 17.7 Å². The Hall–Kier alpha value is -2.60. The van der Waals surface area contributed by atoms with E-state index in [1.165, 1.54) is 0 Å². The highest BCUT2D eigenvalue weighted by molar-refractivity contribution is 5.97. The SMILES string of the molecule is CC1=C2C[C@@H](O)C[C@H]3C(=O)OC[C@@]23C=CC2=C1[C@H](c1ccoc1)OC2=O. The monoisotopic (exact) mass is 354 g/mol. The highest BCUT2D eigenvalue weighted by Crippen LogP contribution is 2.56. The molecule has 0 unspecified atom stereocenters. The van der Waals surface area contributed by atoms with E-state index in [9.17, 15) is 14.7 Å². The molecule has 5 rings (SSSR count). The summed E-state index contributed by atoms with van der Waals surface area (Å²) in [4.78, 5) is 24.8. The smallest absolute Gasteiger partial charge is 0.339 e. The van der Waals surface area contributed by atoms with Crippen LogP contribution in [-0.2, 0) is 19.1 Å². The Labute approximate surface area is 149 Å². The molecule has 26 heavy (non-hydrogen) atoms. The summed E-state index contributed by atoms with van der Waals surface area (Å²) in [6.45, 7) is 2.19. The molecule has 0 radical (unpaired) electrons. The third-order valence-electron chi connectivity index (χ3n) is 6.12. The number of hydrogen-bond acceptors (Lipinski definition) is 6. The normalized spacial score (nSPS) is 35.7. The van der Waals surface area contributed by atoms with Crippen molar-refractivity contribution in [3.8, 4) is 0 Å². The number of aliphatic hydroxyl groups excluding tert-OH is 1. The summed E-state index contributed by atoms with van der Waals surface area (Å²) >= 11 is 0. The molecule has 4 aliphatic rings. The third-order valence-corrected chi connectivity index (χ3v) is 6.12. The first-order valence-corrected chi connectivity index (χ1v) is 8.73. The van der Waals surface area contributed by atoms with Crippen LogP contribution in [0.5, 0.6) is 0 Å². The average Bonchev–Trinajstić information content (AvgIpc) is 3.30. The Morgan fingerprint density at radius 2 is 2.15 bits per heavy atom. The van der Waals surface area contributed by atoms with Gasteiger partial charge in [0.25, 0.3) is 0 Å². The first-order valence-electron chi connectivity index (χ1n) is 8.73. The van der Waals surface area contributed by atoms with Gasteiger partial charge in [0.1, 0.15) is 6.61 Å². The summed E-state index contributed by atoms with van der Waals surface area (Å²) < 4.78 is 16.1. The van der Waals surface area contributed by atoms with Gasteiger partial charge >= 0.3 is 11.9 Å². The molecular formula is C20H18O6. The van der Waals surface area contributed by atoms with Crippen molar-refractivity contribution in [1.29, 1.82) is 0 Å². The van der Waals surface area contributed by atoms with Gasteiger partial charge in [0.15, 0.2) is 6.10 Å². The molecule has 1 aromatic rings. The van der Waals surface area contributed by atoms with Crippen molar-refractivity contribution in [3.63, 3.8) is 0 Å². The van der Waals surface area contributed by atoms with Crippen LogP contribution in [0.15, 0.2) is 57.5 Å². The summed E-state index contributed by atoms with van der Waals surface area (Å²) in [6.07, 6.45) is 6.46. The number of hydrogen-bond donors (Lipinski definition) is 1. The lowest BCUT2D eigenvalue weighted by Gasteiger charge is -2.39. The van der Waals surface area contributed by atoms with Crippen molar-refractivity contribution >= 4 is 11.9 Å². The van der Waals surface area contributed by atoms with Crippen LogP contribution in [0.2, 0.25) is 0 Å². The fourth-order valence-corrected chi connectivity index (χ4v) is 4.84. The molecule has 2 aliphatic heterocycles. The predicted octanol–water partition coefficient (Wildman–Crippen LogP) is 2.37. The Balaban J connectivity index is 1.72. The molecule has 1 saturated carbocycles. The number of carbonyl (C=O) groups is 2. The molecule has 1 spiro atoms. The first kappa shape index (κ1) is 15.6. The van der Waals surface area contributed by atoms with Gasteiger partial charge < -0.3 is 19.0 Å². The molecule has 0 amide bonds. The van der Waals surface area contributed by atoms with Crippen LogP contribution in [-0.4, -0.2) is 29.8 Å². The molecule has 6 heteroatoms. The quantitative estimate of drug-likeness (QED) is 0.780. The van der Waals surface area contributed by atoms with E-state index in [1.54, 1.807) is 24.7 Å². The number of aliphatic hydroxyl groups is 1. The number of rotatable bonds is 1. The Kier molecular flexibility index (Phi) is 3.13. The lowest BCUT2D eigenvalue weighted by atomic mass is 9.62. The minimum atomic E-state index is -0.607. The second-order valence-electron chi connectivity index (χ2n) is 7.40. The highest BCUT2D eigenvalue weighted by Gasteiger charge is 2.56. The van der Waals surface area contributed by atoms with Gasteiger partial charge in [-0.15, -0.1) is 0 Å². The third kappa shape index (κ3) is 1.90. The fraction of sp³-hybridized carbons (Fsp3) is 0.400. The van der Waals surface area contributed by atoms with Gasteiger partial charge in [-0.25, -0.2) is 4.79 Å². The minimum Gasteiger partial charge on any atom is -0.472 e. The molecule has 134 valence electrons. The van der Waals surface area contributed by atoms with Crippen LogP contribution in [0.4, 0.5) is 0 Å². The van der Waals surface area contributed by atoms with Crippen molar-refractivity contribution in [3.05, 3.63) is 58.6 Å². The molecule has 1 N–H and O–H groups in total. The number of furan rings is 1. The first-order chi connectivity index (χ1) is 12.5. The number of cyclic esters (lactones) is 2. The second kappa shape index (κ2) is 5.20. The fourth-order valence-electron chi connectivity index (χ4n) is 4.84. The van der Waals surface area contributed by atoms with E-state index in [1.807, 2.05) is 13.0 Å². The maximum absolute atomic E-state index is 12.5. The minimum absolute atomic E-state index is 0.248. The number of esters is 2. The van der Waals surface area contributed by atoms with Crippen molar-refractivity contribution in [2.24, 2.45) is 11.3 Å². The summed E-state index contributed by atoms with van der Waals surface area (Å²) in [5.41, 5.74) is 3.30. The van der Waals surface area contributed by atoms with Gasteiger partial charge in [0.2, 0.25) is 0 Å². The van der Waals surface area contributed by atoms with E-state index in [0.29, 0.717) is 18.4 Å². The maximum atomic E-state index is 12.5. The molecule has 4 atom stereocenters. The van der Waals surface area contributed by atoms with Crippen LogP contribution in [0, 0.1) is 11.3 Å². The Morgan fingerprint density at radius 1 is 1.31 bits per heavy atom. The Morgan fingerprint density at radius 3 is 2.92 bits per heavy atom. The zero-order valence-electron chi connectivity index (χ0n) is 14.2. The van der Waals surface area contributed by atoms with Crippen molar-refractivity contribution in [2.45, 2.75) is 32.0 Å². The van der Waals surface area contributed by atoms with Crippen molar-refractivity contribution < 1.29 is 28.6 Å². The largest absolute Gasteiger partial charge is 0.472 e. The summed E-state index contributed by atoms with van der Waals surface area (Å²) in [7, 11) is 0. The lowest BCUT2D eigenvalue weighted by Crippen LogP contribution is -2.40. The van der Waals surface area contributed by atoms with Gasteiger partial charge in [-0.2, -0.15) is 0 Å². The average molecular weight is 354 g/mol. The second-order valence-corrected chi connectivity index (χ2v) is 7.40. The van der Waals surface area contributed by atoms with Gasteiger partial charge in [-0.05, 0) is 31.4 Å². The Bertz CT molecular complexity index is 903. The molecule has 1 saturated heterocycles. The molecular weight excluding hydrogens is 336 g/mol. The van der Waals surface area contributed by atoms with Crippen molar-refractivity contribution in [1.82, 2.24) is 0 Å². The van der Waals surface area contributed by atoms with Gasteiger partial charge in [0.05, 0.1) is 35.5 Å². The molecule has 2 aliphatic carbocycles. The van der Waals surface area contributed by atoms with Crippen LogP contribution in [0.3, 0.4) is 0 Å². The highest BCUT2D eigenvalue weighted by atomic mass is 16.6.